The number of aromatic nitrogens is 1. The van der Waals surface area contributed by atoms with Crippen LogP contribution in [0.2, 0.25) is 0 Å². The van der Waals surface area contributed by atoms with Gasteiger partial charge in [0.2, 0.25) is 5.88 Å². The number of rotatable bonds is 7. The number of pyridine rings is 1. The highest BCUT2D eigenvalue weighted by Gasteiger charge is 2.21. The van der Waals surface area contributed by atoms with Crippen molar-refractivity contribution < 1.29 is 24.2 Å². The van der Waals surface area contributed by atoms with Crippen molar-refractivity contribution in [3.8, 4) is 5.88 Å². The number of hydrogen-bond donors (Lipinski definition) is 2. The Hall–Kier alpha value is -3.09. The lowest BCUT2D eigenvalue weighted by Crippen LogP contribution is -2.42. The topological polar surface area (TPSA) is 97.8 Å². The zero-order valence-electron chi connectivity index (χ0n) is 13.1. The molecule has 0 radical (unpaired) electrons. The van der Waals surface area contributed by atoms with Crippen LogP contribution in [0.3, 0.4) is 0 Å². The number of methoxy groups -OCH3 is 1. The second-order valence-electron chi connectivity index (χ2n) is 5.01. The molecular weight excluding hydrogens is 312 g/mol. The fourth-order valence-electron chi connectivity index (χ4n) is 2.00. The Morgan fingerprint density at radius 1 is 1.17 bits per heavy atom. The Balaban J connectivity index is 1.90. The lowest BCUT2D eigenvalue weighted by Gasteiger charge is -2.14. The maximum absolute atomic E-state index is 11.8. The molecule has 1 amide bonds. The molecule has 0 fully saturated rings. The van der Waals surface area contributed by atoms with Crippen molar-refractivity contribution in [2.24, 2.45) is 0 Å². The highest BCUT2D eigenvalue weighted by Crippen LogP contribution is 2.09. The van der Waals surface area contributed by atoms with E-state index in [1.807, 2.05) is 30.3 Å². The van der Waals surface area contributed by atoms with Crippen molar-refractivity contribution in [3.63, 3.8) is 0 Å². The van der Waals surface area contributed by atoms with Crippen LogP contribution in [0.5, 0.6) is 5.88 Å². The molecule has 1 aromatic carbocycles. The van der Waals surface area contributed by atoms with Crippen molar-refractivity contribution in [2.75, 3.05) is 7.11 Å². The summed E-state index contributed by atoms with van der Waals surface area (Å²) in [5, 5.41) is 11.6. The predicted molar refractivity (Wildman–Crippen MR) is 85.7 cm³/mol. The van der Waals surface area contributed by atoms with Crippen molar-refractivity contribution in [1.82, 2.24) is 10.3 Å². The van der Waals surface area contributed by atoms with Gasteiger partial charge in [-0.2, -0.15) is 0 Å². The van der Waals surface area contributed by atoms with Gasteiger partial charge in [-0.1, -0.05) is 36.4 Å². The van der Waals surface area contributed by atoms with E-state index in [0.29, 0.717) is 11.4 Å². The van der Waals surface area contributed by atoms with Gasteiger partial charge in [0.15, 0.2) is 0 Å². The molecule has 0 aliphatic carbocycles. The van der Waals surface area contributed by atoms with Crippen molar-refractivity contribution in [2.45, 2.75) is 19.1 Å². The minimum absolute atomic E-state index is 0.0725. The standard InChI is InChI=1S/C17H18N2O5/c1-23-15-8-7-13(10-18-15)9-14(16(20)21)19-17(22)24-11-12-5-3-2-4-6-12/h2-8,10,14H,9,11H2,1H3,(H,19,22)(H,20,21). The number of nitrogens with one attached hydrogen (secondary N) is 1. The van der Waals surface area contributed by atoms with E-state index in [4.69, 9.17) is 9.47 Å². The van der Waals surface area contributed by atoms with E-state index < -0.39 is 18.1 Å². The molecule has 1 atom stereocenters. The van der Waals surface area contributed by atoms with Crippen LogP contribution in [0.25, 0.3) is 0 Å². The van der Waals surface area contributed by atoms with Crippen LogP contribution in [-0.4, -0.2) is 35.3 Å². The second-order valence-corrected chi connectivity index (χ2v) is 5.01. The zero-order valence-corrected chi connectivity index (χ0v) is 13.1. The monoisotopic (exact) mass is 330 g/mol. The van der Waals surface area contributed by atoms with Crippen molar-refractivity contribution in [1.29, 1.82) is 0 Å². The summed E-state index contributed by atoms with van der Waals surface area (Å²) in [4.78, 5) is 27.1. The van der Waals surface area contributed by atoms with E-state index >= 15 is 0 Å². The summed E-state index contributed by atoms with van der Waals surface area (Å²) < 4.78 is 9.98. The third-order valence-corrected chi connectivity index (χ3v) is 3.25. The van der Waals surface area contributed by atoms with E-state index in [2.05, 4.69) is 10.3 Å². The highest BCUT2D eigenvalue weighted by molar-refractivity contribution is 5.80. The third kappa shape index (κ3) is 5.28. The maximum atomic E-state index is 11.8. The summed E-state index contributed by atoms with van der Waals surface area (Å²) >= 11 is 0. The van der Waals surface area contributed by atoms with Crippen LogP contribution in [0.1, 0.15) is 11.1 Å². The van der Waals surface area contributed by atoms with Gasteiger partial charge in [-0.15, -0.1) is 0 Å². The molecular formula is C17H18N2O5. The number of alkyl carbamates (subject to hydrolysis) is 1. The first-order chi connectivity index (χ1) is 11.6. The zero-order chi connectivity index (χ0) is 17.4. The molecule has 0 bridgehead atoms. The number of aliphatic carboxylic acids is 1. The van der Waals surface area contributed by atoms with Gasteiger partial charge in [0.05, 0.1) is 7.11 Å². The fraction of sp³-hybridized carbons (Fsp3) is 0.235. The van der Waals surface area contributed by atoms with Gasteiger partial charge < -0.3 is 19.9 Å². The van der Waals surface area contributed by atoms with Crippen molar-refractivity contribution >= 4 is 12.1 Å². The molecule has 2 aromatic rings. The summed E-state index contributed by atoms with van der Waals surface area (Å²) in [5.41, 5.74) is 1.48. The summed E-state index contributed by atoms with van der Waals surface area (Å²) in [6.07, 6.45) is 0.811. The molecule has 1 heterocycles. The molecule has 1 unspecified atom stereocenters. The molecule has 0 saturated heterocycles. The van der Waals surface area contributed by atoms with E-state index in [0.717, 1.165) is 5.56 Å². The first kappa shape index (κ1) is 17.3. The summed E-state index contributed by atoms with van der Waals surface area (Å²) in [7, 11) is 1.49. The molecule has 2 rings (SSSR count). The second kappa shape index (κ2) is 8.52. The SMILES string of the molecule is COc1ccc(CC(NC(=O)OCc2ccccc2)C(=O)O)cn1. The number of carbonyl (C=O) groups is 2. The average Bonchev–Trinajstić information content (AvgIpc) is 2.61. The molecule has 7 heteroatoms. The number of benzene rings is 1. The first-order valence-corrected chi connectivity index (χ1v) is 7.27. The average molecular weight is 330 g/mol. The quantitative estimate of drug-likeness (QED) is 0.806. The number of amides is 1. The van der Waals surface area contributed by atoms with Gasteiger partial charge >= 0.3 is 12.1 Å². The number of ether oxygens (including phenoxy) is 2. The molecule has 0 aliphatic rings. The molecule has 24 heavy (non-hydrogen) atoms. The lowest BCUT2D eigenvalue weighted by atomic mass is 10.1. The van der Waals surface area contributed by atoms with Gasteiger partial charge in [-0.3, -0.25) is 0 Å². The Labute approximate surface area is 139 Å². The molecule has 0 saturated carbocycles. The number of carboxylic acids is 1. The van der Waals surface area contributed by atoms with Crippen LogP contribution in [0, 0.1) is 0 Å². The van der Waals surface area contributed by atoms with Crippen LogP contribution < -0.4 is 10.1 Å². The van der Waals surface area contributed by atoms with Gasteiger partial charge in [0, 0.05) is 18.7 Å². The molecule has 0 spiro atoms. The van der Waals surface area contributed by atoms with Gasteiger partial charge in [-0.25, -0.2) is 14.6 Å². The van der Waals surface area contributed by atoms with Gasteiger partial charge in [0.25, 0.3) is 0 Å². The first-order valence-electron chi connectivity index (χ1n) is 7.27. The minimum Gasteiger partial charge on any atom is -0.481 e. The summed E-state index contributed by atoms with van der Waals surface area (Å²) in [6, 6.07) is 11.3. The number of carbonyl (C=O) groups excluding carboxylic acids is 1. The molecule has 0 aliphatic heterocycles. The largest absolute Gasteiger partial charge is 0.481 e. The van der Waals surface area contributed by atoms with Gasteiger partial charge in [0.1, 0.15) is 12.6 Å². The van der Waals surface area contributed by atoms with E-state index in [1.54, 1.807) is 12.1 Å². The van der Waals surface area contributed by atoms with Crippen molar-refractivity contribution in [3.05, 3.63) is 59.8 Å². The Kier molecular flexibility index (Phi) is 6.13. The normalized spacial score (nSPS) is 11.4. The molecule has 2 N–H and O–H groups in total. The Bertz CT molecular complexity index is 673. The van der Waals surface area contributed by atoms with E-state index in [1.165, 1.54) is 13.3 Å². The predicted octanol–water partition coefficient (Wildman–Crippen LogP) is 2.01. The number of carboxylic acid groups (broad SMARTS) is 1. The highest BCUT2D eigenvalue weighted by atomic mass is 16.5. The van der Waals surface area contributed by atoms with Crippen LogP contribution in [-0.2, 0) is 22.6 Å². The summed E-state index contributed by atoms with van der Waals surface area (Å²) in [5.74, 6) is -0.719. The van der Waals surface area contributed by atoms with Crippen LogP contribution in [0.4, 0.5) is 4.79 Å². The smallest absolute Gasteiger partial charge is 0.408 e. The molecule has 126 valence electrons. The van der Waals surface area contributed by atoms with Gasteiger partial charge in [-0.05, 0) is 11.1 Å². The minimum atomic E-state index is -1.15. The molecule has 7 nitrogen and oxygen atoms in total. The third-order valence-electron chi connectivity index (χ3n) is 3.25. The molecule has 1 aromatic heterocycles. The number of hydrogen-bond acceptors (Lipinski definition) is 5. The number of nitrogens with zero attached hydrogens (tertiary/aromatic N) is 1. The van der Waals surface area contributed by atoms with Crippen LogP contribution in [0.15, 0.2) is 48.7 Å². The summed E-state index contributed by atoms with van der Waals surface area (Å²) in [6.45, 7) is 0.0725. The van der Waals surface area contributed by atoms with E-state index in [-0.39, 0.29) is 13.0 Å². The fourth-order valence-corrected chi connectivity index (χ4v) is 2.00. The Morgan fingerprint density at radius 2 is 1.92 bits per heavy atom. The van der Waals surface area contributed by atoms with E-state index in [9.17, 15) is 14.7 Å². The lowest BCUT2D eigenvalue weighted by molar-refractivity contribution is -0.139. The maximum Gasteiger partial charge on any atom is 0.408 e. The van der Waals surface area contributed by atoms with Crippen LogP contribution >= 0.6 is 0 Å². The Morgan fingerprint density at radius 3 is 2.50 bits per heavy atom.